The summed E-state index contributed by atoms with van der Waals surface area (Å²) in [6.45, 7) is 1.05. The lowest BCUT2D eigenvalue weighted by molar-refractivity contribution is -0.140. The maximum Gasteiger partial charge on any atom is 0.337 e. The molecule has 2 bridgehead atoms. The number of carboxylic acid groups (broad SMARTS) is 2. The first-order valence-electron chi connectivity index (χ1n) is 13.1. The molecule has 1 spiro atoms. The number of hydrogen-bond acceptors (Lipinski definition) is 8. The molecule has 10 heteroatoms. The van der Waals surface area contributed by atoms with Gasteiger partial charge in [-0.3, -0.25) is 14.8 Å². The average Bonchev–Trinajstić information content (AvgIpc) is 3.33. The number of pyridine rings is 2. The summed E-state index contributed by atoms with van der Waals surface area (Å²) in [6, 6.07) is 6.68. The van der Waals surface area contributed by atoms with E-state index in [0.29, 0.717) is 23.8 Å². The zero-order chi connectivity index (χ0) is 28.4. The number of methoxy groups -OCH3 is 1. The smallest absolute Gasteiger partial charge is 0.337 e. The number of ether oxygens (including phenoxy) is 2. The van der Waals surface area contributed by atoms with Crippen LogP contribution >= 0.6 is 0 Å². The van der Waals surface area contributed by atoms with Crippen molar-refractivity contribution in [3.05, 3.63) is 96.0 Å². The van der Waals surface area contributed by atoms with Gasteiger partial charge in [0, 0.05) is 48.1 Å². The molecule has 3 aliphatic carbocycles. The van der Waals surface area contributed by atoms with Crippen LogP contribution in [0.15, 0.2) is 84.9 Å². The molecular weight excluding hydrogens is 514 g/mol. The van der Waals surface area contributed by atoms with Crippen LogP contribution in [0.5, 0.6) is 0 Å². The van der Waals surface area contributed by atoms with Crippen molar-refractivity contribution >= 4 is 17.7 Å². The van der Waals surface area contributed by atoms with E-state index < -0.39 is 11.9 Å². The van der Waals surface area contributed by atoms with Crippen molar-refractivity contribution in [2.75, 3.05) is 20.7 Å². The molecule has 2 aliphatic heterocycles. The number of hydrogen-bond donors (Lipinski definition) is 2. The molecule has 0 radical (unpaired) electrons. The summed E-state index contributed by atoms with van der Waals surface area (Å²) in [7, 11) is 3.91. The van der Waals surface area contributed by atoms with Crippen molar-refractivity contribution in [1.82, 2.24) is 14.9 Å². The third kappa shape index (κ3) is 4.68. The highest BCUT2D eigenvalue weighted by Gasteiger charge is 2.69. The second-order valence-electron chi connectivity index (χ2n) is 10.5. The number of likely N-dealkylation sites (tertiary alicyclic amines) is 1. The third-order valence-electron chi connectivity index (χ3n) is 8.54. The Hall–Kier alpha value is -4.31. The summed E-state index contributed by atoms with van der Waals surface area (Å²) in [6.07, 6.45) is 15.8. The topological polar surface area (TPSA) is 139 Å². The molecule has 3 fully saturated rings. The van der Waals surface area contributed by atoms with Crippen LogP contribution in [0.1, 0.15) is 33.6 Å². The second kappa shape index (κ2) is 11.1. The molecule has 6 atom stereocenters. The first kappa shape index (κ1) is 27.3. The van der Waals surface area contributed by atoms with Gasteiger partial charge in [-0.25, -0.2) is 9.59 Å². The summed E-state index contributed by atoms with van der Waals surface area (Å²) < 4.78 is 11.8. The van der Waals surface area contributed by atoms with Crippen molar-refractivity contribution < 1.29 is 34.1 Å². The van der Waals surface area contributed by atoms with Crippen LogP contribution in [-0.2, 0) is 14.3 Å². The summed E-state index contributed by atoms with van der Waals surface area (Å²) in [5.74, 6) is 1.18. The molecule has 208 valence electrons. The average molecular weight is 546 g/mol. The van der Waals surface area contributed by atoms with Gasteiger partial charge in [0.25, 0.3) is 0 Å². The van der Waals surface area contributed by atoms with Gasteiger partial charge in [-0.1, -0.05) is 12.2 Å². The van der Waals surface area contributed by atoms with E-state index >= 15 is 0 Å². The standard InChI is InChI=1S/C18H21NO3.2C6H5NO2/c1-19-8-7-18-11-4-5-13(20)17(18)22-16-14(21-2)6-3-10(15(16)18)9-12(11)19;2*8-6(9)5-2-1-3-7-4-5/h3-6,10-12,15,17H,7-9H2,1-2H3;2*1-4H,(H,8,9)/t10?,11-,12+,15?,17-,18-;;/m0../s1. The van der Waals surface area contributed by atoms with Crippen molar-refractivity contribution in [3.63, 3.8) is 0 Å². The predicted octanol–water partition coefficient (Wildman–Crippen LogP) is 3.45. The van der Waals surface area contributed by atoms with E-state index in [0.717, 1.165) is 30.9 Å². The molecule has 1 saturated carbocycles. The predicted molar refractivity (Wildman–Crippen MR) is 143 cm³/mol. The van der Waals surface area contributed by atoms with Crippen molar-refractivity contribution in [3.8, 4) is 0 Å². The zero-order valence-corrected chi connectivity index (χ0v) is 22.2. The molecule has 0 aromatic carbocycles. The molecule has 2 saturated heterocycles. The highest BCUT2D eigenvalue weighted by Crippen LogP contribution is 2.66. The number of aromatic nitrogens is 2. The maximum absolute atomic E-state index is 12.6. The van der Waals surface area contributed by atoms with E-state index in [-0.39, 0.29) is 28.4 Å². The third-order valence-corrected chi connectivity index (χ3v) is 8.54. The van der Waals surface area contributed by atoms with Crippen LogP contribution in [-0.4, -0.2) is 75.7 Å². The van der Waals surface area contributed by atoms with E-state index in [2.05, 4.69) is 34.1 Å². The number of nitrogens with zero attached hydrogens (tertiary/aromatic N) is 3. The SMILES string of the molecule is COC1=C2O[C@H]3C(=O)C=C[C@H]4[C@H]5CC(C=C1)C2[C@@]34CCN5C.O=C(O)c1cccnc1.O=C(O)c1cccnc1. The Morgan fingerprint density at radius 2 is 1.70 bits per heavy atom. The van der Waals surface area contributed by atoms with E-state index in [1.54, 1.807) is 25.3 Å². The molecule has 5 aliphatic rings. The minimum atomic E-state index is -0.942. The number of ketones is 1. The normalized spacial score (nSPS) is 30.6. The van der Waals surface area contributed by atoms with Crippen molar-refractivity contribution in [2.24, 2.45) is 23.2 Å². The van der Waals surface area contributed by atoms with E-state index in [1.807, 2.05) is 6.08 Å². The fourth-order valence-corrected chi connectivity index (χ4v) is 6.81. The fraction of sp³-hybridized carbons (Fsp3) is 0.367. The van der Waals surface area contributed by atoms with Crippen molar-refractivity contribution in [2.45, 2.75) is 25.0 Å². The highest BCUT2D eigenvalue weighted by molar-refractivity contribution is 5.96. The number of carbonyl (C=O) groups excluding carboxylic acids is 1. The first-order chi connectivity index (χ1) is 19.3. The van der Waals surface area contributed by atoms with Crippen LogP contribution in [0.25, 0.3) is 0 Å². The van der Waals surface area contributed by atoms with E-state index in [1.165, 1.54) is 36.9 Å². The highest BCUT2D eigenvalue weighted by atomic mass is 16.5. The number of carbonyl (C=O) groups is 3. The summed E-state index contributed by atoms with van der Waals surface area (Å²) in [5.41, 5.74) is 0.380. The quantitative estimate of drug-likeness (QED) is 0.589. The Balaban J connectivity index is 0.000000149. The van der Waals surface area contributed by atoms with Crippen molar-refractivity contribution in [1.29, 1.82) is 0 Å². The van der Waals surface area contributed by atoms with Gasteiger partial charge in [0.05, 0.1) is 18.2 Å². The molecule has 10 nitrogen and oxygen atoms in total. The molecule has 40 heavy (non-hydrogen) atoms. The lowest BCUT2D eigenvalue weighted by Gasteiger charge is -2.59. The van der Waals surface area contributed by atoms with Crippen LogP contribution in [0.2, 0.25) is 0 Å². The molecule has 2 aromatic heterocycles. The number of rotatable bonds is 3. The van der Waals surface area contributed by atoms with Crippen LogP contribution < -0.4 is 0 Å². The van der Waals surface area contributed by atoms with Gasteiger partial charge < -0.3 is 24.6 Å². The number of aromatic carboxylic acids is 2. The Morgan fingerprint density at radius 3 is 2.23 bits per heavy atom. The number of piperidine rings is 1. The summed E-state index contributed by atoms with van der Waals surface area (Å²) in [4.78, 5) is 42.6. The lowest BCUT2D eigenvalue weighted by Crippen LogP contribution is -2.64. The van der Waals surface area contributed by atoms with E-state index in [9.17, 15) is 14.4 Å². The molecule has 2 unspecified atom stereocenters. The monoisotopic (exact) mass is 545 g/mol. The zero-order valence-electron chi connectivity index (χ0n) is 22.2. The first-order valence-corrected chi connectivity index (χ1v) is 13.1. The van der Waals surface area contributed by atoms with Gasteiger partial charge in [0.2, 0.25) is 0 Å². The van der Waals surface area contributed by atoms with Gasteiger partial charge in [-0.15, -0.1) is 0 Å². The molecule has 2 N–H and O–H groups in total. The Labute approximate surface area is 231 Å². The molecule has 2 aromatic rings. The number of carboxylic acids is 2. The maximum atomic E-state index is 12.6. The van der Waals surface area contributed by atoms with Gasteiger partial charge in [-0.2, -0.15) is 0 Å². The van der Waals surface area contributed by atoms with Crippen LogP contribution in [0.3, 0.4) is 0 Å². The summed E-state index contributed by atoms with van der Waals surface area (Å²) in [5, 5.41) is 16.7. The molecular formula is C30H31N3O7. The van der Waals surface area contributed by atoms with Crippen LogP contribution in [0, 0.1) is 23.2 Å². The largest absolute Gasteiger partial charge is 0.493 e. The Bertz CT molecular complexity index is 1320. The van der Waals surface area contributed by atoms with Crippen LogP contribution in [0.4, 0.5) is 0 Å². The van der Waals surface area contributed by atoms with Gasteiger partial charge in [0.1, 0.15) is 5.76 Å². The Kier molecular flexibility index (Phi) is 7.53. The molecule has 7 rings (SSSR count). The fourth-order valence-electron chi connectivity index (χ4n) is 6.81. The number of allylic oxidation sites excluding steroid dienone is 3. The lowest BCUT2D eigenvalue weighted by atomic mass is 9.48. The molecule has 4 heterocycles. The van der Waals surface area contributed by atoms with Gasteiger partial charge in [0.15, 0.2) is 17.6 Å². The van der Waals surface area contributed by atoms with Gasteiger partial charge >= 0.3 is 11.9 Å². The van der Waals surface area contributed by atoms with Gasteiger partial charge in [-0.05, 0) is 68.8 Å². The van der Waals surface area contributed by atoms with E-state index in [4.69, 9.17) is 19.7 Å². The minimum absolute atomic E-state index is 0.0597. The second-order valence-corrected chi connectivity index (χ2v) is 10.5. The summed E-state index contributed by atoms with van der Waals surface area (Å²) >= 11 is 0. The minimum Gasteiger partial charge on any atom is -0.493 e. The Morgan fingerprint density at radius 1 is 1.05 bits per heavy atom. The molecule has 0 amide bonds.